The first-order valence-corrected chi connectivity index (χ1v) is 3.53. The largest absolute Gasteiger partial charge is 0.385 e. The number of β-amino-alcohol motifs (C(OH)–C–C–N with tert-alkyl or cyclic N) is 1. The van der Waals surface area contributed by atoms with Gasteiger partial charge >= 0.3 is 0 Å². The first-order chi connectivity index (χ1) is 5.52. The fourth-order valence-corrected chi connectivity index (χ4v) is 0.998. The summed E-state index contributed by atoms with van der Waals surface area (Å²) in [6, 6.07) is -0.574. The second-order valence-corrected chi connectivity index (χ2v) is 2.75. The molecule has 1 amide bonds. The molecule has 0 aliphatic carbocycles. The van der Waals surface area contributed by atoms with Gasteiger partial charge in [-0.25, -0.2) is 8.78 Å². The Labute approximate surface area is 67.9 Å². The number of halogens is 2. The summed E-state index contributed by atoms with van der Waals surface area (Å²) in [5.74, 6) is -0.380. The average molecular weight is 180 g/mol. The van der Waals surface area contributed by atoms with E-state index >= 15 is 0 Å². The summed E-state index contributed by atoms with van der Waals surface area (Å²) < 4.78 is 23.5. The number of nitrogens with two attached hydrogens (primary N) is 1. The van der Waals surface area contributed by atoms with Crippen molar-refractivity contribution in [1.29, 1.82) is 0 Å². The van der Waals surface area contributed by atoms with Crippen molar-refractivity contribution in [2.45, 2.75) is 18.6 Å². The second-order valence-electron chi connectivity index (χ2n) is 2.75. The van der Waals surface area contributed by atoms with Gasteiger partial charge in [0.15, 0.2) is 0 Å². The average Bonchev–Trinajstić information content (AvgIpc) is 2.03. The van der Waals surface area contributed by atoms with Gasteiger partial charge in [0.1, 0.15) is 12.1 Å². The molecular formula is C6H10F2N2O2. The van der Waals surface area contributed by atoms with E-state index in [1.807, 2.05) is 0 Å². The van der Waals surface area contributed by atoms with Gasteiger partial charge in [0.05, 0.1) is 6.54 Å². The lowest BCUT2D eigenvalue weighted by molar-refractivity contribution is -0.146. The number of amides is 1. The van der Waals surface area contributed by atoms with Crippen LogP contribution in [-0.4, -0.2) is 47.6 Å². The summed E-state index contributed by atoms with van der Waals surface area (Å²) in [7, 11) is 0. The Morgan fingerprint density at radius 3 is 2.67 bits per heavy atom. The van der Waals surface area contributed by atoms with Crippen molar-refractivity contribution in [2.24, 2.45) is 5.73 Å². The Kier molecular flexibility index (Phi) is 2.58. The van der Waals surface area contributed by atoms with Gasteiger partial charge < -0.3 is 15.7 Å². The number of likely N-dealkylation sites (tertiary alicyclic amines) is 1. The predicted molar refractivity (Wildman–Crippen MR) is 36.6 cm³/mol. The van der Waals surface area contributed by atoms with E-state index in [2.05, 4.69) is 0 Å². The lowest BCUT2D eigenvalue weighted by Crippen LogP contribution is -2.62. The highest BCUT2D eigenvalue weighted by atomic mass is 19.3. The van der Waals surface area contributed by atoms with Gasteiger partial charge in [-0.1, -0.05) is 0 Å². The fourth-order valence-electron chi connectivity index (χ4n) is 0.998. The number of hydrogen-bond donors (Lipinski definition) is 2. The number of aliphatic hydroxyl groups is 1. The Morgan fingerprint density at radius 1 is 1.75 bits per heavy atom. The molecule has 0 aromatic rings. The molecule has 4 nitrogen and oxygen atoms in total. The van der Waals surface area contributed by atoms with Crippen LogP contribution in [0.1, 0.15) is 0 Å². The third-order valence-corrected chi connectivity index (χ3v) is 1.74. The predicted octanol–water partition coefficient (Wildman–Crippen LogP) is -1.22. The molecule has 2 atom stereocenters. The second kappa shape index (κ2) is 3.32. The van der Waals surface area contributed by atoms with Crippen LogP contribution in [0.3, 0.4) is 0 Å². The SMILES string of the molecule is NC1CN(CC(O)C(F)F)C1=O. The van der Waals surface area contributed by atoms with Crippen LogP contribution in [0.5, 0.6) is 0 Å². The Morgan fingerprint density at radius 2 is 2.33 bits per heavy atom. The van der Waals surface area contributed by atoms with E-state index < -0.39 is 18.6 Å². The van der Waals surface area contributed by atoms with Crippen molar-refractivity contribution in [3.05, 3.63) is 0 Å². The van der Waals surface area contributed by atoms with E-state index in [0.717, 1.165) is 4.90 Å². The van der Waals surface area contributed by atoms with E-state index in [0.29, 0.717) is 0 Å². The Hall–Kier alpha value is -0.750. The molecule has 0 saturated carbocycles. The summed E-state index contributed by atoms with van der Waals surface area (Å²) in [5.41, 5.74) is 5.20. The summed E-state index contributed by atoms with van der Waals surface area (Å²) >= 11 is 0. The van der Waals surface area contributed by atoms with Crippen LogP contribution in [0, 0.1) is 0 Å². The van der Waals surface area contributed by atoms with Crippen LogP contribution in [0.15, 0.2) is 0 Å². The maximum absolute atomic E-state index is 11.8. The van der Waals surface area contributed by atoms with E-state index in [-0.39, 0.29) is 19.0 Å². The minimum Gasteiger partial charge on any atom is -0.385 e. The molecule has 2 unspecified atom stereocenters. The molecule has 0 aromatic carbocycles. The number of hydrogen-bond acceptors (Lipinski definition) is 3. The molecule has 12 heavy (non-hydrogen) atoms. The highest BCUT2D eigenvalue weighted by Crippen LogP contribution is 2.11. The monoisotopic (exact) mass is 180 g/mol. The lowest BCUT2D eigenvalue weighted by Gasteiger charge is -2.37. The van der Waals surface area contributed by atoms with Gasteiger partial charge in [0.2, 0.25) is 5.91 Å². The van der Waals surface area contributed by atoms with Crippen molar-refractivity contribution in [2.75, 3.05) is 13.1 Å². The zero-order chi connectivity index (χ0) is 9.30. The number of rotatable bonds is 3. The van der Waals surface area contributed by atoms with E-state index in [1.165, 1.54) is 0 Å². The zero-order valence-electron chi connectivity index (χ0n) is 6.28. The van der Waals surface area contributed by atoms with Crippen molar-refractivity contribution in [1.82, 2.24) is 4.90 Å². The van der Waals surface area contributed by atoms with Crippen LogP contribution in [-0.2, 0) is 4.79 Å². The van der Waals surface area contributed by atoms with Crippen LogP contribution < -0.4 is 5.73 Å². The van der Waals surface area contributed by atoms with Crippen molar-refractivity contribution in [3.8, 4) is 0 Å². The molecule has 3 N–H and O–H groups in total. The van der Waals surface area contributed by atoms with Gasteiger partial charge in [-0.15, -0.1) is 0 Å². The standard InChI is InChI=1S/C6H10F2N2O2/c7-5(8)4(11)2-10-1-3(9)6(10)12/h3-5,11H,1-2,9H2. The normalized spacial score (nSPS) is 25.9. The van der Waals surface area contributed by atoms with Gasteiger partial charge in [-0.2, -0.15) is 0 Å². The molecule has 1 aliphatic rings. The first kappa shape index (κ1) is 9.34. The molecule has 0 radical (unpaired) electrons. The highest BCUT2D eigenvalue weighted by molar-refractivity contribution is 5.87. The first-order valence-electron chi connectivity index (χ1n) is 3.53. The number of β-lactam (4-membered cyclic amide) rings is 1. The number of carbonyl (C=O) groups is 1. The maximum Gasteiger partial charge on any atom is 0.265 e. The van der Waals surface area contributed by atoms with Crippen molar-refractivity contribution in [3.63, 3.8) is 0 Å². The van der Waals surface area contributed by atoms with Gasteiger partial charge in [0, 0.05) is 6.54 Å². The van der Waals surface area contributed by atoms with Gasteiger partial charge in [0.25, 0.3) is 6.43 Å². The molecule has 6 heteroatoms. The highest BCUT2D eigenvalue weighted by Gasteiger charge is 2.35. The Balaban J connectivity index is 2.29. The summed E-state index contributed by atoms with van der Waals surface area (Å²) in [6.45, 7) is -0.0766. The quantitative estimate of drug-likeness (QED) is 0.535. The minimum atomic E-state index is -2.81. The number of alkyl halides is 2. The van der Waals surface area contributed by atoms with Crippen LogP contribution in [0.2, 0.25) is 0 Å². The number of nitrogens with zero attached hydrogens (tertiary/aromatic N) is 1. The van der Waals surface area contributed by atoms with Gasteiger partial charge in [-0.05, 0) is 0 Å². The minimum absolute atomic E-state index is 0.253. The topological polar surface area (TPSA) is 66.6 Å². The van der Waals surface area contributed by atoms with E-state index in [9.17, 15) is 13.6 Å². The zero-order valence-corrected chi connectivity index (χ0v) is 6.28. The van der Waals surface area contributed by atoms with Crippen LogP contribution >= 0.6 is 0 Å². The van der Waals surface area contributed by atoms with Crippen LogP contribution in [0.4, 0.5) is 8.78 Å². The molecule has 0 spiro atoms. The van der Waals surface area contributed by atoms with Gasteiger partial charge in [-0.3, -0.25) is 4.79 Å². The molecule has 1 saturated heterocycles. The van der Waals surface area contributed by atoms with E-state index in [4.69, 9.17) is 10.8 Å². The molecule has 1 rings (SSSR count). The summed E-state index contributed by atoms with van der Waals surface area (Å²) in [6.07, 6.45) is -4.57. The third-order valence-electron chi connectivity index (χ3n) is 1.74. The van der Waals surface area contributed by atoms with E-state index in [1.54, 1.807) is 0 Å². The maximum atomic E-state index is 11.8. The summed E-state index contributed by atoms with van der Waals surface area (Å²) in [4.78, 5) is 11.9. The van der Waals surface area contributed by atoms with Crippen molar-refractivity contribution >= 4 is 5.91 Å². The third kappa shape index (κ3) is 1.70. The van der Waals surface area contributed by atoms with Crippen molar-refractivity contribution < 1.29 is 18.7 Å². The lowest BCUT2D eigenvalue weighted by atomic mass is 10.1. The number of aliphatic hydroxyl groups excluding tert-OH is 1. The molecule has 1 fully saturated rings. The molecule has 70 valence electrons. The molecule has 1 aliphatic heterocycles. The smallest absolute Gasteiger partial charge is 0.265 e. The van der Waals surface area contributed by atoms with Crippen LogP contribution in [0.25, 0.3) is 0 Å². The molecular weight excluding hydrogens is 170 g/mol. The molecule has 0 bridgehead atoms. The molecule has 0 aromatic heterocycles. The molecule has 1 heterocycles. The summed E-state index contributed by atoms with van der Waals surface area (Å²) in [5, 5.41) is 8.68. The Bertz CT molecular complexity index is 188. The number of carbonyl (C=O) groups excluding carboxylic acids is 1. The fraction of sp³-hybridized carbons (Fsp3) is 0.833.